The van der Waals surface area contributed by atoms with Gasteiger partial charge in [0, 0.05) is 0 Å². The molecule has 0 aliphatic rings. The Kier molecular flexibility index (Phi) is 38.8. The van der Waals surface area contributed by atoms with Gasteiger partial charge in [0.2, 0.25) is 0 Å². The van der Waals surface area contributed by atoms with E-state index in [1.807, 2.05) is 41.5 Å². The molecule has 0 aromatic heterocycles. The van der Waals surface area contributed by atoms with Crippen molar-refractivity contribution in [2.75, 3.05) is 0 Å². The summed E-state index contributed by atoms with van der Waals surface area (Å²) < 4.78 is 0. The first kappa shape index (κ1) is 47.2. The molecule has 0 amide bonds. The molecule has 0 spiro atoms. The fourth-order valence-electron chi connectivity index (χ4n) is 5.67. The lowest BCUT2D eigenvalue weighted by Gasteiger charge is -2.25. The Bertz CT molecular complexity index is 610. The standard InChI is InChI=1S/C35H66.3C2H6/c1-12-34(23-21-19-17-15-13-14-16-18-20-22-27(2)3)24-25-35(29(6)7)33(11)32(10)31(9)30(8)26-28(4)5;3*1-2/h27,30-31,34H,4,12-26H2,1-3,5-11H3;3*1-2H3/b33-32-;;;. The van der Waals surface area contributed by atoms with Crippen LogP contribution in [0.1, 0.15) is 207 Å². The number of unbranched alkanes of at least 4 members (excludes halogenated alkanes) is 8. The van der Waals surface area contributed by atoms with E-state index in [1.165, 1.54) is 101 Å². The van der Waals surface area contributed by atoms with Crippen LogP contribution < -0.4 is 0 Å². The minimum atomic E-state index is 0.614. The zero-order valence-corrected chi connectivity index (χ0v) is 32.1. The highest BCUT2D eigenvalue weighted by Crippen LogP contribution is 2.33. The molecule has 0 aromatic rings. The van der Waals surface area contributed by atoms with Gasteiger partial charge in [-0.15, -0.1) is 6.58 Å². The molecule has 0 N–H and O–H groups in total. The van der Waals surface area contributed by atoms with Crippen LogP contribution in [0, 0.1) is 23.7 Å². The Morgan fingerprint density at radius 1 is 0.585 bits per heavy atom. The van der Waals surface area contributed by atoms with Gasteiger partial charge in [0.1, 0.15) is 0 Å². The normalized spacial score (nSPS) is 13.3. The van der Waals surface area contributed by atoms with Crippen molar-refractivity contribution >= 4 is 0 Å². The van der Waals surface area contributed by atoms with Crippen molar-refractivity contribution in [2.24, 2.45) is 23.7 Å². The summed E-state index contributed by atoms with van der Waals surface area (Å²) in [5.41, 5.74) is 7.59. The lowest BCUT2D eigenvalue weighted by atomic mass is 9.80. The Morgan fingerprint density at radius 2 is 1.00 bits per heavy atom. The molecule has 0 heterocycles. The summed E-state index contributed by atoms with van der Waals surface area (Å²) in [6.45, 7) is 39.6. The summed E-state index contributed by atoms with van der Waals surface area (Å²) in [5.74, 6) is 3.04. The van der Waals surface area contributed by atoms with Gasteiger partial charge >= 0.3 is 0 Å². The molecule has 0 radical (unpaired) electrons. The molecule has 0 heteroatoms. The van der Waals surface area contributed by atoms with E-state index >= 15 is 0 Å². The van der Waals surface area contributed by atoms with Crippen molar-refractivity contribution < 1.29 is 0 Å². The van der Waals surface area contributed by atoms with Gasteiger partial charge in [-0.3, -0.25) is 0 Å². The third-order valence-corrected chi connectivity index (χ3v) is 8.63. The summed E-state index contributed by atoms with van der Waals surface area (Å²) in [6, 6.07) is 0. The van der Waals surface area contributed by atoms with Gasteiger partial charge in [0.15, 0.2) is 0 Å². The maximum Gasteiger partial charge on any atom is -0.0200 e. The van der Waals surface area contributed by atoms with Crippen molar-refractivity contribution in [3.05, 3.63) is 34.4 Å². The van der Waals surface area contributed by atoms with Crippen molar-refractivity contribution in [2.45, 2.75) is 207 Å². The molecule has 0 bridgehead atoms. The molecule has 248 valence electrons. The second kappa shape index (κ2) is 33.7. The second-order valence-electron chi connectivity index (χ2n) is 12.7. The van der Waals surface area contributed by atoms with Gasteiger partial charge in [-0.1, -0.05) is 170 Å². The highest BCUT2D eigenvalue weighted by Gasteiger charge is 2.18. The summed E-state index contributed by atoms with van der Waals surface area (Å²) >= 11 is 0. The van der Waals surface area contributed by atoms with Gasteiger partial charge in [-0.25, -0.2) is 0 Å². The molecule has 41 heavy (non-hydrogen) atoms. The van der Waals surface area contributed by atoms with E-state index in [9.17, 15) is 0 Å². The van der Waals surface area contributed by atoms with Gasteiger partial charge in [0.05, 0.1) is 0 Å². The number of hydrogen-bond donors (Lipinski definition) is 0. The predicted octanol–water partition coefficient (Wildman–Crippen LogP) is 15.7. The van der Waals surface area contributed by atoms with Crippen LogP contribution in [0.2, 0.25) is 0 Å². The minimum Gasteiger partial charge on any atom is -0.100 e. The zero-order chi connectivity index (χ0) is 32.8. The Balaban J connectivity index is -0.00000106. The minimum absolute atomic E-state index is 0.614. The summed E-state index contributed by atoms with van der Waals surface area (Å²) in [4.78, 5) is 0. The molecule has 0 saturated carbocycles. The van der Waals surface area contributed by atoms with Crippen LogP contribution in [-0.2, 0) is 0 Å². The van der Waals surface area contributed by atoms with Crippen LogP contribution in [0.3, 0.4) is 0 Å². The van der Waals surface area contributed by atoms with Crippen molar-refractivity contribution in [1.29, 1.82) is 0 Å². The predicted molar refractivity (Wildman–Crippen MR) is 197 cm³/mol. The molecule has 0 saturated heterocycles. The highest BCUT2D eigenvalue weighted by atomic mass is 14.2. The lowest BCUT2D eigenvalue weighted by molar-refractivity contribution is 0.410. The fraction of sp³-hybridized carbons (Fsp3) is 0.854. The topological polar surface area (TPSA) is 0 Å². The van der Waals surface area contributed by atoms with E-state index in [-0.39, 0.29) is 0 Å². The molecule has 0 rings (SSSR count). The number of rotatable bonds is 21. The highest BCUT2D eigenvalue weighted by molar-refractivity contribution is 5.36. The quantitative estimate of drug-likeness (QED) is 0.0724. The zero-order valence-electron chi connectivity index (χ0n) is 32.1. The third-order valence-electron chi connectivity index (χ3n) is 8.63. The average molecular weight is 577 g/mol. The molecule has 0 aliphatic carbocycles. The molecule has 0 aromatic carbocycles. The van der Waals surface area contributed by atoms with E-state index < -0.39 is 0 Å². The van der Waals surface area contributed by atoms with Crippen LogP contribution in [0.15, 0.2) is 34.4 Å². The SMILES string of the molecule is C=C(C)CC(C)C(C)/C(C)=C(/C)C(CCC(CC)CCCCCCCCCCCC(C)C)=C(C)C.CC.CC.CC. The van der Waals surface area contributed by atoms with E-state index in [0.29, 0.717) is 11.8 Å². The largest absolute Gasteiger partial charge is 0.100 e. The maximum atomic E-state index is 4.14. The number of allylic oxidation sites excluding steroid dienone is 5. The molecular weight excluding hydrogens is 492 g/mol. The Morgan fingerprint density at radius 3 is 1.37 bits per heavy atom. The van der Waals surface area contributed by atoms with E-state index in [4.69, 9.17) is 0 Å². The van der Waals surface area contributed by atoms with Crippen molar-refractivity contribution in [3.8, 4) is 0 Å². The average Bonchev–Trinajstić information content (AvgIpc) is 2.96. The smallest absolute Gasteiger partial charge is 0.0200 e. The molecule has 0 fully saturated rings. The van der Waals surface area contributed by atoms with E-state index in [2.05, 4.69) is 75.8 Å². The molecule has 0 nitrogen and oxygen atoms in total. The van der Waals surface area contributed by atoms with Crippen LogP contribution in [0.25, 0.3) is 0 Å². The molecule has 3 unspecified atom stereocenters. The summed E-state index contributed by atoms with van der Waals surface area (Å²) in [5, 5.41) is 0. The third kappa shape index (κ3) is 27.8. The van der Waals surface area contributed by atoms with Gasteiger partial charge in [-0.2, -0.15) is 0 Å². The Hall–Kier alpha value is -0.780. The van der Waals surface area contributed by atoms with Crippen molar-refractivity contribution in [3.63, 3.8) is 0 Å². The first-order valence-electron chi connectivity index (χ1n) is 18.5. The van der Waals surface area contributed by atoms with Crippen molar-refractivity contribution in [1.82, 2.24) is 0 Å². The first-order valence-corrected chi connectivity index (χ1v) is 18.5. The second-order valence-corrected chi connectivity index (χ2v) is 12.7. The van der Waals surface area contributed by atoms with Gasteiger partial charge in [0.25, 0.3) is 0 Å². The fourth-order valence-corrected chi connectivity index (χ4v) is 5.67. The molecule has 3 atom stereocenters. The molecular formula is C41H84. The lowest BCUT2D eigenvalue weighted by Crippen LogP contribution is -2.12. The Labute approximate surface area is 264 Å². The molecule has 0 aliphatic heterocycles. The summed E-state index contributed by atoms with van der Waals surface area (Å²) in [7, 11) is 0. The maximum absolute atomic E-state index is 4.14. The van der Waals surface area contributed by atoms with Gasteiger partial charge < -0.3 is 0 Å². The van der Waals surface area contributed by atoms with Crippen LogP contribution in [0.5, 0.6) is 0 Å². The van der Waals surface area contributed by atoms with Crippen LogP contribution >= 0.6 is 0 Å². The van der Waals surface area contributed by atoms with Crippen LogP contribution in [0.4, 0.5) is 0 Å². The summed E-state index contributed by atoms with van der Waals surface area (Å²) in [6.07, 6.45) is 20.9. The number of hydrogen-bond acceptors (Lipinski definition) is 0. The van der Waals surface area contributed by atoms with E-state index in [0.717, 1.165) is 18.3 Å². The van der Waals surface area contributed by atoms with E-state index in [1.54, 1.807) is 16.7 Å². The first-order chi connectivity index (χ1) is 19.5. The monoisotopic (exact) mass is 577 g/mol. The van der Waals surface area contributed by atoms with Gasteiger partial charge in [-0.05, 0) is 88.7 Å². The van der Waals surface area contributed by atoms with Crippen LogP contribution in [-0.4, -0.2) is 0 Å².